The highest BCUT2D eigenvalue weighted by molar-refractivity contribution is 7.26. The van der Waals surface area contributed by atoms with Crippen molar-refractivity contribution >= 4 is 53.3 Å². The molecule has 9 rings (SSSR count). The fourth-order valence-electron chi connectivity index (χ4n) is 6.42. The quantitative estimate of drug-likeness (QED) is 0.204. The molecule has 0 unspecified atom stereocenters. The van der Waals surface area contributed by atoms with Crippen LogP contribution in [0.15, 0.2) is 140 Å². The summed E-state index contributed by atoms with van der Waals surface area (Å²) in [6.07, 6.45) is 0. The molecule has 6 aromatic carbocycles. The third-order valence-corrected chi connectivity index (χ3v) is 9.74. The third kappa shape index (κ3) is 4.24. The summed E-state index contributed by atoms with van der Waals surface area (Å²) in [6.45, 7) is 2.10. The van der Waals surface area contributed by atoms with Crippen LogP contribution in [0, 0.1) is 6.92 Å². The largest absolute Gasteiger partial charge is 0.309 e. The Morgan fingerprint density at radius 3 is 1.82 bits per heavy atom. The third-order valence-electron chi connectivity index (χ3n) is 8.52. The number of thiophene rings is 1. The number of aromatic nitrogens is 4. The highest BCUT2D eigenvalue weighted by Gasteiger charge is 2.17. The summed E-state index contributed by atoms with van der Waals surface area (Å²) in [5, 5.41) is 4.98. The fourth-order valence-corrected chi connectivity index (χ4v) is 7.63. The van der Waals surface area contributed by atoms with Crippen molar-refractivity contribution in [3.63, 3.8) is 0 Å². The van der Waals surface area contributed by atoms with Crippen LogP contribution >= 0.6 is 11.3 Å². The number of hydrogen-bond donors (Lipinski definition) is 0. The van der Waals surface area contributed by atoms with Crippen LogP contribution < -0.4 is 0 Å². The van der Waals surface area contributed by atoms with Gasteiger partial charge in [0, 0.05) is 53.3 Å². The summed E-state index contributed by atoms with van der Waals surface area (Å²) >= 11 is 1.79. The first-order chi connectivity index (χ1) is 22.2. The summed E-state index contributed by atoms with van der Waals surface area (Å²) in [5.41, 5.74) is 7.58. The van der Waals surface area contributed by atoms with Crippen LogP contribution in [-0.2, 0) is 0 Å². The first-order valence-electron chi connectivity index (χ1n) is 15.0. The van der Waals surface area contributed by atoms with E-state index in [9.17, 15) is 0 Å². The predicted octanol–water partition coefficient (Wildman–Crippen LogP) is 10.6. The molecule has 212 valence electrons. The van der Waals surface area contributed by atoms with Gasteiger partial charge in [0.25, 0.3) is 0 Å². The Bertz CT molecular complexity index is 2500. The van der Waals surface area contributed by atoms with Crippen LogP contribution in [0.3, 0.4) is 0 Å². The van der Waals surface area contributed by atoms with E-state index in [2.05, 4.69) is 151 Å². The van der Waals surface area contributed by atoms with Crippen LogP contribution in [0.5, 0.6) is 0 Å². The van der Waals surface area contributed by atoms with E-state index < -0.39 is 0 Å². The highest BCUT2D eigenvalue weighted by atomic mass is 32.1. The molecule has 3 heterocycles. The van der Waals surface area contributed by atoms with Gasteiger partial charge >= 0.3 is 0 Å². The van der Waals surface area contributed by atoms with Gasteiger partial charge in [-0.25, -0.2) is 15.0 Å². The van der Waals surface area contributed by atoms with E-state index in [1.165, 1.54) is 42.0 Å². The zero-order valence-corrected chi connectivity index (χ0v) is 25.3. The number of aryl methyl sites for hydroxylation is 1. The van der Waals surface area contributed by atoms with Gasteiger partial charge in [-0.3, -0.25) is 0 Å². The van der Waals surface area contributed by atoms with Crippen LogP contribution in [0.1, 0.15) is 5.56 Å². The van der Waals surface area contributed by atoms with Gasteiger partial charge in [-0.15, -0.1) is 11.3 Å². The molecule has 0 fully saturated rings. The van der Waals surface area contributed by atoms with Gasteiger partial charge in [-0.1, -0.05) is 90.5 Å². The van der Waals surface area contributed by atoms with Gasteiger partial charge in [0.1, 0.15) is 0 Å². The molecule has 0 saturated heterocycles. The lowest BCUT2D eigenvalue weighted by atomic mass is 10.1. The van der Waals surface area contributed by atoms with Gasteiger partial charge < -0.3 is 4.57 Å². The lowest BCUT2D eigenvalue weighted by molar-refractivity contribution is 1.07. The van der Waals surface area contributed by atoms with E-state index >= 15 is 0 Å². The maximum absolute atomic E-state index is 5.11. The molecule has 0 aliphatic carbocycles. The number of hydrogen-bond acceptors (Lipinski definition) is 4. The molecule has 0 amide bonds. The molecule has 0 spiro atoms. The van der Waals surface area contributed by atoms with E-state index in [1.54, 1.807) is 11.3 Å². The van der Waals surface area contributed by atoms with E-state index in [0.29, 0.717) is 17.5 Å². The minimum absolute atomic E-state index is 0.656. The van der Waals surface area contributed by atoms with Gasteiger partial charge in [0.05, 0.1) is 11.0 Å². The Balaban J connectivity index is 1.22. The molecule has 0 aliphatic rings. The molecule has 0 bridgehead atoms. The minimum atomic E-state index is 0.656. The number of rotatable bonds is 4. The van der Waals surface area contributed by atoms with Crippen molar-refractivity contribution in [1.29, 1.82) is 0 Å². The highest BCUT2D eigenvalue weighted by Crippen LogP contribution is 2.40. The Kier molecular flexibility index (Phi) is 5.86. The second-order valence-electron chi connectivity index (χ2n) is 11.4. The summed E-state index contributed by atoms with van der Waals surface area (Å²) in [7, 11) is 0. The zero-order chi connectivity index (χ0) is 29.9. The fraction of sp³-hybridized carbons (Fsp3) is 0.0250. The number of benzene rings is 6. The van der Waals surface area contributed by atoms with Crippen molar-refractivity contribution in [2.75, 3.05) is 0 Å². The molecule has 9 aromatic rings. The molecule has 0 N–H and O–H groups in total. The first kappa shape index (κ1) is 25.8. The van der Waals surface area contributed by atoms with Gasteiger partial charge in [-0.05, 0) is 61.5 Å². The monoisotopic (exact) mass is 594 g/mol. The maximum atomic E-state index is 5.11. The Hall–Kier alpha value is -5.65. The second-order valence-corrected chi connectivity index (χ2v) is 12.4. The Morgan fingerprint density at radius 2 is 1.09 bits per heavy atom. The van der Waals surface area contributed by atoms with Crippen molar-refractivity contribution in [1.82, 2.24) is 19.5 Å². The topological polar surface area (TPSA) is 43.6 Å². The van der Waals surface area contributed by atoms with Crippen LogP contribution in [0.2, 0.25) is 0 Å². The Labute approximate surface area is 263 Å². The molecular formula is C40H26N4S. The van der Waals surface area contributed by atoms with E-state index in [4.69, 9.17) is 15.0 Å². The van der Waals surface area contributed by atoms with Gasteiger partial charge in [0.15, 0.2) is 17.5 Å². The predicted molar refractivity (Wildman–Crippen MR) is 188 cm³/mol. The summed E-state index contributed by atoms with van der Waals surface area (Å²) in [4.78, 5) is 15.2. The van der Waals surface area contributed by atoms with Crippen molar-refractivity contribution in [3.8, 4) is 39.9 Å². The Morgan fingerprint density at radius 1 is 0.489 bits per heavy atom. The zero-order valence-electron chi connectivity index (χ0n) is 24.5. The molecule has 45 heavy (non-hydrogen) atoms. The molecule has 0 aliphatic heterocycles. The molecule has 0 atom stereocenters. The molecule has 0 radical (unpaired) electrons. The number of fused-ring (bicyclic) bond motifs is 6. The van der Waals surface area contributed by atoms with Crippen molar-refractivity contribution < 1.29 is 0 Å². The van der Waals surface area contributed by atoms with Gasteiger partial charge in [0.2, 0.25) is 0 Å². The smallest absolute Gasteiger partial charge is 0.165 e. The molecule has 5 heteroatoms. The lowest BCUT2D eigenvalue weighted by Crippen LogP contribution is -2.01. The van der Waals surface area contributed by atoms with Crippen LogP contribution in [0.4, 0.5) is 0 Å². The van der Waals surface area contributed by atoms with Crippen LogP contribution in [-0.4, -0.2) is 19.5 Å². The van der Waals surface area contributed by atoms with Crippen molar-refractivity contribution in [2.24, 2.45) is 0 Å². The lowest BCUT2D eigenvalue weighted by Gasteiger charge is -2.11. The molecule has 0 saturated carbocycles. The average Bonchev–Trinajstić information content (AvgIpc) is 3.64. The summed E-state index contributed by atoms with van der Waals surface area (Å²) < 4.78 is 4.77. The standard InChI is InChI=1S/C40H26N4S/c1-25-10-8-11-27(24-25)39-41-38(42-40(43-39)33-16-9-15-32-31-14-4-7-19-36(31)45-37(32)33)26-20-22-28(23-21-26)44-34-17-5-2-12-29(34)30-13-3-6-18-35(30)44/h2-24H,1H3. The SMILES string of the molecule is Cc1cccc(-c2nc(-c3ccc(-n4c5ccccc5c5ccccc54)cc3)nc(-c3cccc4c3sc3ccccc34)n2)c1. The first-order valence-corrected chi connectivity index (χ1v) is 15.9. The van der Waals surface area contributed by atoms with Crippen LogP contribution in [0.25, 0.3) is 81.8 Å². The van der Waals surface area contributed by atoms with E-state index in [-0.39, 0.29) is 0 Å². The summed E-state index contributed by atoms with van der Waals surface area (Å²) in [6, 6.07) is 49.1. The molecule has 4 nitrogen and oxygen atoms in total. The number of para-hydroxylation sites is 2. The normalized spacial score (nSPS) is 11.7. The van der Waals surface area contributed by atoms with Crippen molar-refractivity contribution in [3.05, 3.63) is 145 Å². The summed E-state index contributed by atoms with van der Waals surface area (Å²) in [5.74, 6) is 2.01. The average molecular weight is 595 g/mol. The van der Waals surface area contributed by atoms with Crippen molar-refractivity contribution in [2.45, 2.75) is 6.92 Å². The minimum Gasteiger partial charge on any atom is -0.309 e. The molecule has 3 aromatic heterocycles. The number of nitrogens with zero attached hydrogens (tertiary/aromatic N) is 4. The van der Waals surface area contributed by atoms with E-state index in [0.717, 1.165) is 27.9 Å². The second kappa shape index (κ2) is 10.2. The molecular weight excluding hydrogens is 569 g/mol. The van der Waals surface area contributed by atoms with E-state index in [1.807, 2.05) is 0 Å². The van der Waals surface area contributed by atoms with Gasteiger partial charge in [-0.2, -0.15) is 0 Å². The maximum Gasteiger partial charge on any atom is 0.165 e.